The molecule has 2 aromatic carbocycles. The second kappa shape index (κ2) is 8.04. The van der Waals surface area contributed by atoms with Gasteiger partial charge in [0.1, 0.15) is 5.82 Å². The van der Waals surface area contributed by atoms with Gasteiger partial charge in [0.25, 0.3) is 5.91 Å². The number of carbonyl (C=O) groups is 2. The van der Waals surface area contributed by atoms with Gasteiger partial charge >= 0.3 is 5.97 Å². The maximum absolute atomic E-state index is 13.2. The lowest BCUT2D eigenvalue weighted by Gasteiger charge is -2.08. The SMILES string of the molecule is Cc1ccc(-n2nc(C)c(NC(=O)COC(=O)c3cccc(F)c3)c2C)cc1. The van der Waals surface area contributed by atoms with E-state index in [0.717, 1.165) is 23.0 Å². The Balaban J connectivity index is 1.67. The Morgan fingerprint density at radius 2 is 1.82 bits per heavy atom. The molecule has 0 unspecified atom stereocenters. The predicted molar refractivity (Wildman–Crippen MR) is 103 cm³/mol. The molecule has 0 atom stereocenters. The second-order valence-electron chi connectivity index (χ2n) is 6.43. The monoisotopic (exact) mass is 381 g/mol. The zero-order valence-corrected chi connectivity index (χ0v) is 15.8. The highest BCUT2D eigenvalue weighted by molar-refractivity contribution is 5.96. The number of nitrogens with zero attached hydrogens (tertiary/aromatic N) is 2. The molecule has 0 radical (unpaired) electrons. The van der Waals surface area contributed by atoms with Gasteiger partial charge in [-0.05, 0) is 51.1 Å². The summed E-state index contributed by atoms with van der Waals surface area (Å²) in [5, 5.41) is 7.19. The third-order valence-electron chi connectivity index (χ3n) is 4.23. The van der Waals surface area contributed by atoms with E-state index in [0.29, 0.717) is 11.4 Å². The van der Waals surface area contributed by atoms with Crippen LogP contribution in [0.1, 0.15) is 27.3 Å². The van der Waals surface area contributed by atoms with Gasteiger partial charge in [-0.15, -0.1) is 0 Å². The number of aromatic nitrogens is 2. The molecule has 0 aliphatic heterocycles. The molecule has 3 aromatic rings. The van der Waals surface area contributed by atoms with Crippen LogP contribution in [0.15, 0.2) is 48.5 Å². The average molecular weight is 381 g/mol. The number of rotatable bonds is 5. The summed E-state index contributed by atoms with van der Waals surface area (Å²) < 4.78 is 19.9. The fourth-order valence-corrected chi connectivity index (χ4v) is 2.77. The number of hydrogen-bond donors (Lipinski definition) is 1. The first-order valence-electron chi connectivity index (χ1n) is 8.71. The molecule has 0 aliphatic rings. The molecule has 0 aliphatic carbocycles. The molecule has 0 spiro atoms. The molecule has 0 saturated heterocycles. The largest absolute Gasteiger partial charge is 0.452 e. The third-order valence-corrected chi connectivity index (χ3v) is 4.23. The van der Waals surface area contributed by atoms with E-state index < -0.39 is 24.3 Å². The zero-order chi connectivity index (χ0) is 20.3. The van der Waals surface area contributed by atoms with E-state index >= 15 is 0 Å². The van der Waals surface area contributed by atoms with Crippen LogP contribution >= 0.6 is 0 Å². The molecule has 6 nitrogen and oxygen atoms in total. The lowest BCUT2D eigenvalue weighted by molar-refractivity contribution is -0.119. The standard InChI is InChI=1S/C21H20FN3O3/c1-13-7-9-18(10-8-13)25-15(3)20(14(2)24-25)23-19(26)12-28-21(27)16-5-4-6-17(22)11-16/h4-11H,12H2,1-3H3,(H,23,26). The quantitative estimate of drug-likeness (QED) is 0.684. The first kappa shape index (κ1) is 19.3. The van der Waals surface area contributed by atoms with Crippen molar-refractivity contribution in [3.63, 3.8) is 0 Å². The van der Waals surface area contributed by atoms with Crippen molar-refractivity contribution in [1.29, 1.82) is 0 Å². The number of esters is 1. The van der Waals surface area contributed by atoms with Crippen LogP contribution in [0, 0.1) is 26.6 Å². The maximum Gasteiger partial charge on any atom is 0.338 e. The van der Waals surface area contributed by atoms with E-state index in [1.165, 1.54) is 18.2 Å². The van der Waals surface area contributed by atoms with Crippen LogP contribution in [0.3, 0.4) is 0 Å². The number of anilines is 1. The molecule has 1 amide bonds. The van der Waals surface area contributed by atoms with Gasteiger partial charge in [-0.25, -0.2) is 13.9 Å². The summed E-state index contributed by atoms with van der Waals surface area (Å²) in [7, 11) is 0. The lowest BCUT2D eigenvalue weighted by Crippen LogP contribution is -2.21. The van der Waals surface area contributed by atoms with E-state index in [9.17, 15) is 14.0 Å². The van der Waals surface area contributed by atoms with Gasteiger partial charge in [0, 0.05) is 0 Å². The summed E-state index contributed by atoms with van der Waals surface area (Å²) >= 11 is 0. The maximum atomic E-state index is 13.2. The van der Waals surface area contributed by atoms with Gasteiger partial charge in [0.15, 0.2) is 6.61 Å². The summed E-state index contributed by atoms with van der Waals surface area (Å²) in [6.45, 7) is 5.14. The normalized spacial score (nSPS) is 10.6. The fraction of sp³-hybridized carbons (Fsp3) is 0.190. The molecule has 1 heterocycles. The molecule has 0 saturated carbocycles. The Morgan fingerprint density at radius 3 is 2.50 bits per heavy atom. The summed E-state index contributed by atoms with van der Waals surface area (Å²) in [6, 6.07) is 13.0. The molecular formula is C21H20FN3O3. The predicted octanol–water partition coefficient (Wildman–Crippen LogP) is 3.73. The van der Waals surface area contributed by atoms with Crippen molar-refractivity contribution in [2.45, 2.75) is 20.8 Å². The molecular weight excluding hydrogens is 361 g/mol. The number of benzene rings is 2. The summed E-state index contributed by atoms with van der Waals surface area (Å²) in [6.07, 6.45) is 0. The Kier molecular flexibility index (Phi) is 5.54. The molecule has 28 heavy (non-hydrogen) atoms. The first-order valence-corrected chi connectivity index (χ1v) is 8.71. The Hall–Kier alpha value is -3.48. The van der Waals surface area contributed by atoms with Gasteiger partial charge in [0.05, 0.1) is 28.3 Å². The van der Waals surface area contributed by atoms with Crippen LogP contribution in [-0.2, 0) is 9.53 Å². The topological polar surface area (TPSA) is 73.2 Å². The highest BCUT2D eigenvalue weighted by Gasteiger charge is 2.17. The van der Waals surface area contributed by atoms with Gasteiger partial charge in [-0.1, -0.05) is 23.8 Å². The second-order valence-corrected chi connectivity index (χ2v) is 6.43. The zero-order valence-electron chi connectivity index (χ0n) is 15.8. The third kappa shape index (κ3) is 4.25. The number of halogens is 1. The minimum Gasteiger partial charge on any atom is -0.452 e. The highest BCUT2D eigenvalue weighted by Crippen LogP contribution is 2.23. The fourth-order valence-electron chi connectivity index (χ4n) is 2.77. The lowest BCUT2D eigenvalue weighted by atomic mass is 10.2. The van der Waals surface area contributed by atoms with Crippen LogP contribution in [0.5, 0.6) is 0 Å². The highest BCUT2D eigenvalue weighted by atomic mass is 19.1. The number of ether oxygens (including phenoxy) is 1. The number of nitrogens with one attached hydrogen (secondary N) is 1. The van der Waals surface area contributed by atoms with Crippen molar-refractivity contribution in [2.24, 2.45) is 0 Å². The number of aryl methyl sites for hydroxylation is 2. The molecule has 1 N–H and O–H groups in total. The van der Waals surface area contributed by atoms with E-state index in [4.69, 9.17) is 4.74 Å². The van der Waals surface area contributed by atoms with Crippen LogP contribution in [0.4, 0.5) is 10.1 Å². The average Bonchev–Trinajstić information content (AvgIpc) is 2.95. The minimum atomic E-state index is -0.765. The molecule has 0 bridgehead atoms. The molecule has 144 valence electrons. The number of carbonyl (C=O) groups excluding carboxylic acids is 2. The van der Waals surface area contributed by atoms with Crippen LogP contribution < -0.4 is 5.32 Å². The van der Waals surface area contributed by atoms with Gasteiger partial charge in [-0.2, -0.15) is 5.10 Å². The van der Waals surface area contributed by atoms with Crippen molar-refractivity contribution in [3.8, 4) is 5.69 Å². The number of hydrogen-bond acceptors (Lipinski definition) is 4. The Morgan fingerprint density at radius 1 is 1.11 bits per heavy atom. The number of amides is 1. The van der Waals surface area contributed by atoms with Crippen LogP contribution in [0.25, 0.3) is 5.69 Å². The van der Waals surface area contributed by atoms with E-state index in [2.05, 4.69) is 10.4 Å². The Labute approximate surface area is 161 Å². The van der Waals surface area contributed by atoms with Gasteiger partial charge in [0.2, 0.25) is 0 Å². The summed E-state index contributed by atoms with van der Waals surface area (Å²) in [4.78, 5) is 24.1. The van der Waals surface area contributed by atoms with Crippen molar-refractivity contribution in [1.82, 2.24) is 9.78 Å². The van der Waals surface area contributed by atoms with Crippen molar-refractivity contribution in [3.05, 3.63) is 76.9 Å². The first-order chi connectivity index (χ1) is 13.3. The minimum absolute atomic E-state index is 0.0485. The molecule has 1 aromatic heterocycles. The van der Waals surface area contributed by atoms with E-state index in [-0.39, 0.29) is 5.56 Å². The smallest absolute Gasteiger partial charge is 0.338 e. The van der Waals surface area contributed by atoms with Crippen LogP contribution in [0.2, 0.25) is 0 Å². The van der Waals surface area contributed by atoms with Crippen molar-refractivity contribution >= 4 is 17.6 Å². The molecule has 3 rings (SSSR count). The van der Waals surface area contributed by atoms with Gasteiger partial charge in [-0.3, -0.25) is 4.79 Å². The van der Waals surface area contributed by atoms with E-state index in [1.54, 1.807) is 11.6 Å². The molecule has 0 fully saturated rings. The summed E-state index contributed by atoms with van der Waals surface area (Å²) in [5.74, 6) is -1.81. The van der Waals surface area contributed by atoms with Crippen molar-refractivity contribution < 1.29 is 18.7 Å². The van der Waals surface area contributed by atoms with Crippen molar-refractivity contribution in [2.75, 3.05) is 11.9 Å². The summed E-state index contributed by atoms with van der Waals surface area (Å²) in [5.41, 5.74) is 4.02. The Bertz CT molecular complexity index is 1030. The van der Waals surface area contributed by atoms with E-state index in [1.807, 2.05) is 38.1 Å². The van der Waals surface area contributed by atoms with Crippen LogP contribution in [-0.4, -0.2) is 28.3 Å². The molecule has 7 heteroatoms. The van der Waals surface area contributed by atoms with Gasteiger partial charge < -0.3 is 10.1 Å².